The molecule has 0 radical (unpaired) electrons. The number of ketones is 1. The van der Waals surface area contributed by atoms with Crippen LogP contribution in [0.2, 0.25) is 0 Å². The lowest BCUT2D eigenvalue weighted by atomic mass is 10.1. The monoisotopic (exact) mass is 255 g/mol. The van der Waals surface area contributed by atoms with Gasteiger partial charge >= 0.3 is 0 Å². The Morgan fingerprint density at radius 1 is 1.28 bits per heavy atom. The summed E-state index contributed by atoms with van der Waals surface area (Å²) in [7, 11) is 1.61. The van der Waals surface area contributed by atoms with E-state index in [1.807, 2.05) is 0 Å². The van der Waals surface area contributed by atoms with Crippen LogP contribution in [0.25, 0.3) is 0 Å². The van der Waals surface area contributed by atoms with Gasteiger partial charge in [0.25, 0.3) is 0 Å². The fraction of sp³-hybridized carbons (Fsp3) is 0.182. The molecule has 0 aliphatic heterocycles. The van der Waals surface area contributed by atoms with Gasteiger partial charge in [0.15, 0.2) is 23.2 Å². The molecule has 0 aliphatic carbocycles. The van der Waals surface area contributed by atoms with Crippen molar-refractivity contribution in [2.75, 3.05) is 0 Å². The number of benzene rings is 1. The number of hydrogen-bond donors (Lipinski definition) is 0. The Bertz CT molecular complexity index is 610. The lowest BCUT2D eigenvalue weighted by Crippen LogP contribution is -2.09. The maximum absolute atomic E-state index is 13.3. The Hall–Kier alpha value is -2.18. The third kappa shape index (κ3) is 2.24. The first-order chi connectivity index (χ1) is 8.49. The summed E-state index contributed by atoms with van der Waals surface area (Å²) < 4.78 is 40.4. The Labute approximate surface area is 100 Å². The summed E-state index contributed by atoms with van der Waals surface area (Å²) in [5.41, 5.74) is -0.175. The van der Waals surface area contributed by atoms with Crippen molar-refractivity contribution in [3.8, 4) is 0 Å². The SMILES string of the molecule is Cn1cc(CC(=O)c2ccc(F)c(F)c2F)nn1. The molecule has 0 N–H and O–H groups in total. The molecule has 2 aromatic rings. The Morgan fingerprint density at radius 3 is 2.61 bits per heavy atom. The number of carbonyl (C=O) groups excluding carboxylic acids is 1. The molecule has 1 heterocycles. The van der Waals surface area contributed by atoms with Crippen molar-refractivity contribution < 1.29 is 18.0 Å². The summed E-state index contributed by atoms with van der Waals surface area (Å²) in [6.45, 7) is 0. The Morgan fingerprint density at radius 2 is 2.00 bits per heavy atom. The molecule has 0 bridgehead atoms. The van der Waals surface area contributed by atoms with E-state index in [1.165, 1.54) is 10.9 Å². The van der Waals surface area contributed by atoms with E-state index in [-0.39, 0.29) is 6.42 Å². The lowest BCUT2D eigenvalue weighted by molar-refractivity contribution is 0.0987. The molecule has 1 aromatic heterocycles. The minimum Gasteiger partial charge on any atom is -0.294 e. The quantitative estimate of drug-likeness (QED) is 0.619. The predicted octanol–water partition coefficient (Wildman–Crippen LogP) is 1.66. The van der Waals surface area contributed by atoms with E-state index >= 15 is 0 Å². The van der Waals surface area contributed by atoms with Gasteiger partial charge in [-0.1, -0.05) is 5.21 Å². The summed E-state index contributed by atoms with van der Waals surface area (Å²) in [6.07, 6.45) is 1.26. The lowest BCUT2D eigenvalue weighted by Gasteiger charge is -2.02. The molecule has 0 amide bonds. The van der Waals surface area contributed by atoms with Crippen LogP contribution in [0.4, 0.5) is 13.2 Å². The molecule has 0 spiro atoms. The van der Waals surface area contributed by atoms with Crippen LogP contribution in [-0.4, -0.2) is 20.8 Å². The number of hydrogen-bond acceptors (Lipinski definition) is 3. The fourth-order valence-corrected chi connectivity index (χ4v) is 1.48. The molecule has 1 aromatic carbocycles. The molecule has 0 fully saturated rings. The Balaban J connectivity index is 2.27. The number of halogens is 3. The van der Waals surface area contributed by atoms with Crippen molar-refractivity contribution >= 4 is 5.78 Å². The highest BCUT2D eigenvalue weighted by molar-refractivity contribution is 5.97. The number of rotatable bonds is 3. The average Bonchev–Trinajstić information content (AvgIpc) is 2.71. The van der Waals surface area contributed by atoms with Crippen molar-refractivity contribution in [1.82, 2.24) is 15.0 Å². The molecule has 18 heavy (non-hydrogen) atoms. The van der Waals surface area contributed by atoms with E-state index in [9.17, 15) is 18.0 Å². The minimum atomic E-state index is -1.65. The zero-order chi connectivity index (χ0) is 13.3. The second kappa shape index (κ2) is 4.59. The summed E-state index contributed by atoms with van der Waals surface area (Å²) in [6, 6.07) is 1.62. The molecule has 0 atom stereocenters. The van der Waals surface area contributed by atoms with E-state index in [4.69, 9.17) is 0 Å². The largest absolute Gasteiger partial charge is 0.294 e. The molecule has 0 saturated carbocycles. The average molecular weight is 255 g/mol. The number of aromatic nitrogens is 3. The second-order valence-electron chi connectivity index (χ2n) is 3.71. The molecule has 4 nitrogen and oxygen atoms in total. The molecular formula is C11H8F3N3O. The first kappa shape index (κ1) is 12.3. The minimum absolute atomic E-state index is 0.226. The smallest absolute Gasteiger partial charge is 0.195 e. The van der Waals surface area contributed by atoms with E-state index in [0.717, 1.165) is 6.07 Å². The molecule has 7 heteroatoms. The van der Waals surface area contributed by atoms with Crippen LogP contribution in [0.5, 0.6) is 0 Å². The maximum Gasteiger partial charge on any atom is 0.195 e. The van der Waals surface area contributed by atoms with E-state index in [0.29, 0.717) is 11.8 Å². The van der Waals surface area contributed by atoms with Crippen molar-refractivity contribution in [1.29, 1.82) is 0 Å². The predicted molar refractivity (Wildman–Crippen MR) is 55.4 cm³/mol. The number of carbonyl (C=O) groups is 1. The highest BCUT2D eigenvalue weighted by Crippen LogP contribution is 2.16. The van der Waals surface area contributed by atoms with Crippen molar-refractivity contribution in [2.24, 2.45) is 7.05 Å². The van der Waals surface area contributed by atoms with Crippen molar-refractivity contribution in [3.05, 3.63) is 47.0 Å². The zero-order valence-electron chi connectivity index (χ0n) is 9.32. The van der Waals surface area contributed by atoms with E-state index < -0.39 is 28.8 Å². The van der Waals surface area contributed by atoms with Gasteiger partial charge in [0, 0.05) is 13.2 Å². The van der Waals surface area contributed by atoms with Crippen molar-refractivity contribution in [2.45, 2.75) is 6.42 Å². The summed E-state index contributed by atoms with van der Waals surface area (Å²) >= 11 is 0. The Kier molecular flexibility index (Phi) is 3.14. The first-order valence-corrected chi connectivity index (χ1v) is 5.01. The van der Waals surface area contributed by atoms with Gasteiger partial charge in [0.1, 0.15) is 0 Å². The molecule has 2 rings (SSSR count). The van der Waals surface area contributed by atoms with E-state index in [1.54, 1.807) is 7.05 Å². The van der Waals surface area contributed by atoms with Crippen LogP contribution in [0, 0.1) is 17.5 Å². The number of Topliss-reactive ketones (excluding diaryl/α,β-unsaturated/α-hetero) is 1. The first-order valence-electron chi connectivity index (χ1n) is 5.01. The highest BCUT2D eigenvalue weighted by atomic mass is 19.2. The van der Waals surface area contributed by atoms with Gasteiger partial charge in [0.2, 0.25) is 0 Å². The third-order valence-electron chi connectivity index (χ3n) is 2.33. The van der Waals surface area contributed by atoms with Crippen LogP contribution in [-0.2, 0) is 13.5 Å². The van der Waals surface area contributed by atoms with Crippen LogP contribution < -0.4 is 0 Å². The molecule has 0 unspecified atom stereocenters. The molecule has 0 saturated heterocycles. The van der Waals surface area contributed by atoms with Gasteiger partial charge in [-0.2, -0.15) is 0 Å². The maximum atomic E-state index is 13.3. The van der Waals surface area contributed by atoms with Gasteiger partial charge in [-0.15, -0.1) is 5.10 Å². The normalized spacial score (nSPS) is 10.7. The zero-order valence-corrected chi connectivity index (χ0v) is 9.32. The number of nitrogens with zero attached hydrogens (tertiary/aromatic N) is 3. The molecule has 94 valence electrons. The van der Waals surface area contributed by atoms with Gasteiger partial charge < -0.3 is 0 Å². The summed E-state index contributed by atoms with van der Waals surface area (Å²) in [5.74, 6) is -5.15. The van der Waals surface area contributed by atoms with Gasteiger partial charge in [0.05, 0.1) is 17.7 Å². The third-order valence-corrected chi connectivity index (χ3v) is 2.33. The summed E-state index contributed by atoms with van der Waals surface area (Å²) in [5, 5.41) is 7.26. The topological polar surface area (TPSA) is 47.8 Å². The van der Waals surface area contributed by atoms with Crippen LogP contribution in [0.15, 0.2) is 18.3 Å². The van der Waals surface area contributed by atoms with Crippen molar-refractivity contribution in [3.63, 3.8) is 0 Å². The molecular weight excluding hydrogens is 247 g/mol. The standard InChI is InChI=1S/C11H8F3N3O/c1-17-5-6(15-16-17)4-9(18)7-2-3-8(12)11(14)10(7)13/h2-3,5H,4H2,1H3. The fourth-order valence-electron chi connectivity index (χ4n) is 1.48. The van der Waals surface area contributed by atoms with Crippen LogP contribution in [0.1, 0.15) is 16.1 Å². The highest BCUT2D eigenvalue weighted by Gasteiger charge is 2.19. The van der Waals surface area contributed by atoms with Crippen LogP contribution >= 0.6 is 0 Å². The van der Waals surface area contributed by atoms with Gasteiger partial charge in [-0.25, -0.2) is 13.2 Å². The van der Waals surface area contributed by atoms with Gasteiger partial charge in [-0.3, -0.25) is 9.48 Å². The van der Waals surface area contributed by atoms with Crippen LogP contribution in [0.3, 0.4) is 0 Å². The number of aryl methyl sites for hydroxylation is 1. The summed E-state index contributed by atoms with van der Waals surface area (Å²) in [4.78, 5) is 11.7. The second-order valence-corrected chi connectivity index (χ2v) is 3.71. The van der Waals surface area contributed by atoms with E-state index in [2.05, 4.69) is 10.3 Å². The van der Waals surface area contributed by atoms with Gasteiger partial charge in [-0.05, 0) is 12.1 Å². The molecule has 0 aliphatic rings.